The van der Waals surface area contributed by atoms with Gasteiger partial charge in [-0.3, -0.25) is 9.80 Å². The molecule has 0 radical (unpaired) electrons. The number of rotatable bonds is 9. The molecular weight excluding hydrogens is 350 g/mol. The number of aryl methyl sites for hydroxylation is 1. The predicted octanol–water partition coefficient (Wildman–Crippen LogP) is 3.83. The third-order valence-electron chi connectivity index (χ3n) is 5.08. The average molecular weight is 394 g/mol. The third kappa shape index (κ3) is 9.28. The van der Waals surface area contributed by atoms with Crippen molar-refractivity contribution < 1.29 is 9.53 Å². The maximum absolute atomic E-state index is 8.00. The molecule has 1 fully saturated rings. The predicted molar refractivity (Wildman–Crippen MR) is 120 cm³/mol. The number of nitrogens with zero attached hydrogens (tertiary/aromatic N) is 3. The number of hydrogen-bond donors (Lipinski definition) is 0. The number of hydrogen-bond acceptors (Lipinski definition) is 5. The molecule has 1 heterocycles. The summed E-state index contributed by atoms with van der Waals surface area (Å²) in [5.74, 6) is 0. The van der Waals surface area contributed by atoms with E-state index in [1.165, 1.54) is 11.1 Å². The van der Waals surface area contributed by atoms with Gasteiger partial charge in [-0.25, -0.2) is 0 Å². The van der Waals surface area contributed by atoms with E-state index in [0.717, 1.165) is 59.2 Å². The fourth-order valence-electron chi connectivity index (χ4n) is 3.46. The molecule has 0 aliphatic carbocycles. The fourth-order valence-corrected chi connectivity index (χ4v) is 3.46. The van der Waals surface area contributed by atoms with Gasteiger partial charge in [-0.2, -0.15) is 0 Å². The smallest absolute Gasteiger partial charge is 0.106 e. The van der Waals surface area contributed by atoms with Crippen LogP contribution in [0.25, 0.3) is 0 Å². The highest BCUT2D eigenvalue weighted by molar-refractivity contribution is 5.25. The minimum atomic E-state index is 0.485. The molecule has 0 amide bonds. The molecule has 162 valence electrons. The Hall–Kier alpha value is -1.27. The number of benzene rings is 1. The standard InChI is InChI=1S/C20H35N3O.C2H6.CH2O/c1-5-21(6-2)16-20(19-10-8-9-18(4)15-19)23-13-11-22(12-14-23)17-24-7-3;2*1-2/h8-10,15,20H,5-7,11-14,16-17H2,1-4H3;1-2H3;1H2. The first-order valence-electron chi connectivity index (χ1n) is 10.8. The fraction of sp³-hybridized carbons (Fsp3) is 0.696. The van der Waals surface area contributed by atoms with Crippen molar-refractivity contribution in [3.8, 4) is 0 Å². The summed E-state index contributed by atoms with van der Waals surface area (Å²) in [5, 5.41) is 0. The molecule has 0 aromatic heterocycles. The Morgan fingerprint density at radius 2 is 1.68 bits per heavy atom. The van der Waals surface area contributed by atoms with Gasteiger partial charge in [0.2, 0.25) is 0 Å². The summed E-state index contributed by atoms with van der Waals surface area (Å²) in [5.41, 5.74) is 2.81. The Balaban J connectivity index is 0.00000171. The van der Waals surface area contributed by atoms with E-state index in [1.54, 1.807) is 0 Å². The first-order valence-corrected chi connectivity index (χ1v) is 10.8. The van der Waals surface area contributed by atoms with E-state index in [0.29, 0.717) is 6.04 Å². The summed E-state index contributed by atoms with van der Waals surface area (Å²) >= 11 is 0. The highest BCUT2D eigenvalue weighted by Gasteiger charge is 2.26. The van der Waals surface area contributed by atoms with Crippen LogP contribution >= 0.6 is 0 Å². The van der Waals surface area contributed by atoms with Gasteiger partial charge >= 0.3 is 0 Å². The van der Waals surface area contributed by atoms with Gasteiger partial charge in [0.25, 0.3) is 0 Å². The van der Waals surface area contributed by atoms with Crippen molar-refractivity contribution in [2.24, 2.45) is 0 Å². The van der Waals surface area contributed by atoms with Crippen LogP contribution in [-0.2, 0) is 9.53 Å². The second-order valence-corrected chi connectivity index (χ2v) is 6.69. The van der Waals surface area contributed by atoms with E-state index in [9.17, 15) is 0 Å². The Morgan fingerprint density at radius 3 is 2.18 bits per heavy atom. The lowest BCUT2D eigenvalue weighted by atomic mass is 10.0. The molecule has 0 saturated carbocycles. The molecule has 0 N–H and O–H groups in total. The lowest BCUT2D eigenvalue weighted by molar-refractivity contribution is -0.0979. The number of likely N-dealkylation sites (N-methyl/N-ethyl adjacent to an activating group) is 1. The highest BCUT2D eigenvalue weighted by Crippen LogP contribution is 2.24. The van der Waals surface area contributed by atoms with Gasteiger partial charge in [0.15, 0.2) is 0 Å². The summed E-state index contributed by atoms with van der Waals surface area (Å²) < 4.78 is 5.57. The first-order chi connectivity index (χ1) is 13.7. The molecule has 0 spiro atoms. The zero-order chi connectivity index (χ0) is 21.4. The number of carbonyl (C=O) groups is 1. The van der Waals surface area contributed by atoms with Gasteiger partial charge in [-0.1, -0.05) is 57.5 Å². The third-order valence-corrected chi connectivity index (χ3v) is 5.08. The van der Waals surface area contributed by atoms with Crippen molar-refractivity contribution in [2.45, 2.75) is 47.6 Å². The zero-order valence-electron chi connectivity index (χ0n) is 19.1. The molecule has 5 nitrogen and oxygen atoms in total. The van der Waals surface area contributed by atoms with E-state index < -0.39 is 0 Å². The summed E-state index contributed by atoms with van der Waals surface area (Å²) in [7, 11) is 0. The van der Waals surface area contributed by atoms with Crippen LogP contribution in [0, 0.1) is 6.92 Å². The molecule has 2 rings (SSSR count). The number of piperazine rings is 1. The summed E-state index contributed by atoms with van der Waals surface area (Å²) in [6, 6.07) is 9.54. The number of ether oxygens (including phenoxy) is 1. The molecule has 1 aliphatic heterocycles. The average Bonchev–Trinajstić information content (AvgIpc) is 2.76. The minimum Gasteiger partial charge on any atom is -0.366 e. The molecule has 1 saturated heterocycles. The highest BCUT2D eigenvalue weighted by atomic mass is 16.5. The Kier molecular flexibility index (Phi) is 15.9. The maximum Gasteiger partial charge on any atom is 0.106 e. The van der Waals surface area contributed by atoms with E-state index in [4.69, 9.17) is 9.53 Å². The van der Waals surface area contributed by atoms with Gasteiger partial charge in [-0.05, 0) is 32.5 Å². The van der Waals surface area contributed by atoms with Gasteiger partial charge in [0, 0.05) is 45.4 Å². The quantitative estimate of drug-likeness (QED) is 0.637. The minimum absolute atomic E-state index is 0.485. The van der Waals surface area contributed by atoms with Crippen LogP contribution in [0.3, 0.4) is 0 Å². The van der Waals surface area contributed by atoms with Crippen LogP contribution < -0.4 is 0 Å². The maximum atomic E-state index is 8.00. The monoisotopic (exact) mass is 393 g/mol. The van der Waals surface area contributed by atoms with Crippen LogP contribution in [0.2, 0.25) is 0 Å². The van der Waals surface area contributed by atoms with E-state index in [-0.39, 0.29) is 0 Å². The SMILES string of the molecule is C=O.CC.CCOCN1CCN(C(CN(CC)CC)c2cccc(C)c2)CC1. The van der Waals surface area contributed by atoms with Crippen molar-refractivity contribution in [3.63, 3.8) is 0 Å². The molecule has 1 aliphatic rings. The number of carbonyl (C=O) groups excluding carboxylic acids is 1. The van der Waals surface area contributed by atoms with Crippen molar-refractivity contribution >= 4 is 6.79 Å². The van der Waals surface area contributed by atoms with Crippen LogP contribution in [0.1, 0.15) is 51.8 Å². The van der Waals surface area contributed by atoms with Crippen molar-refractivity contribution in [1.82, 2.24) is 14.7 Å². The van der Waals surface area contributed by atoms with E-state index >= 15 is 0 Å². The van der Waals surface area contributed by atoms with Gasteiger partial charge in [-0.15, -0.1) is 0 Å². The van der Waals surface area contributed by atoms with Crippen molar-refractivity contribution in [1.29, 1.82) is 0 Å². The Bertz CT molecular complexity index is 486. The molecule has 28 heavy (non-hydrogen) atoms. The summed E-state index contributed by atoms with van der Waals surface area (Å²) in [6.45, 7) is 24.1. The zero-order valence-corrected chi connectivity index (χ0v) is 19.1. The van der Waals surface area contributed by atoms with Crippen LogP contribution in [0.4, 0.5) is 0 Å². The van der Waals surface area contributed by atoms with Crippen molar-refractivity contribution in [2.75, 3.05) is 59.2 Å². The molecule has 1 unspecified atom stereocenters. The summed E-state index contributed by atoms with van der Waals surface area (Å²) in [6.07, 6.45) is 0. The topological polar surface area (TPSA) is 36.0 Å². The molecule has 1 aromatic carbocycles. The second kappa shape index (κ2) is 16.7. The molecule has 5 heteroatoms. The normalized spacial score (nSPS) is 16.0. The van der Waals surface area contributed by atoms with Crippen LogP contribution in [0.5, 0.6) is 0 Å². The Labute approximate surface area is 173 Å². The summed E-state index contributed by atoms with van der Waals surface area (Å²) in [4.78, 5) is 15.6. The largest absolute Gasteiger partial charge is 0.366 e. The molecular formula is C23H43N3O2. The van der Waals surface area contributed by atoms with E-state index in [1.807, 2.05) is 20.6 Å². The van der Waals surface area contributed by atoms with Crippen molar-refractivity contribution in [3.05, 3.63) is 35.4 Å². The molecule has 0 bridgehead atoms. The van der Waals surface area contributed by atoms with Gasteiger partial charge < -0.3 is 14.4 Å². The second-order valence-electron chi connectivity index (χ2n) is 6.69. The van der Waals surface area contributed by atoms with E-state index in [2.05, 4.69) is 66.7 Å². The first kappa shape index (κ1) is 26.7. The van der Waals surface area contributed by atoms with Gasteiger partial charge in [0.1, 0.15) is 6.79 Å². The molecule has 1 atom stereocenters. The van der Waals surface area contributed by atoms with Crippen LogP contribution in [-0.4, -0.2) is 80.6 Å². The van der Waals surface area contributed by atoms with Crippen LogP contribution in [0.15, 0.2) is 24.3 Å². The lowest BCUT2D eigenvalue weighted by Gasteiger charge is -2.41. The Morgan fingerprint density at radius 1 is 1.07 bits per heavy atom. The van der Waals surface area contributed by atoms with Gasteiger partial charge in [0.05, 0.1) is 6.73 Å². The lowest BCUT2D eigenvalue weighted by Crippen LogP contribution is -2.50. The molecule has 1 aromatic rings.